The number of carbonyl (C=O) groups excluding carboxylic acids is 1. The van der Waals surface area contributed by atoms with Gasteiger partial charge in [-0.25, -0.2) is 0 Å². The first-order valence-electron chi connectivity index (χ1n) is 6.08. The van der Waals surface area contributed by atoms with Gasteiger partial charge in [0.15, 0.2) is 0 Å². The molecule has 1 aromatic rings. The van der Waals surface area contributed by atoms with Crippen LogP contribution < -0.4 is 5.32 Å². The Morgan fingerprint density at radius 3 is 2.95 bits per heavy atom. The molecule has 1 aliphatic rings. The summed E-state index contributed by atoms with van der Waals surface area (Å²) >= 11 is 0. The maximum Gasteiger partial charge on any atom is 0.305 e. The van der Waals surface area contributed by atoms with E-state index < -0.39 is 12.0 Å². The molecule has 102 valence electrons. The largest absolute Gasteiger partial charge is 0.508 e. The SMILES string of the molecule is O=C(O)CC1C(=O)NCCN1Cc1cccc(O)c1. The molecule has 0 aliphatic carbocycles. The van der Waals surface area contributed by atoms with Crippen molar-refractivity contribution in [1.82, 2.24) is 10.2 Å². The average Bonchev–Trinajstić information content (AvgIpc) is 2.33. The number of rotatable bonds is 4. The standard InChI is InChI=1S/C13H16N2O4/c16-10-3-1-2-9(6-10)8-15-5-4-14-13(19)11(15)7-12(17)18/h1-3,6,11,16H,4-5,7-8H2,(H,14,19)(H,17,18). The molecule has 0 aromatic heterocycles. The van der Waals surface area contributed by atoms with Crippen molar-refractivity contribution in [3.8, 4) is 5.75 Å². The number of piperazine rings is 1. The van der Waals surface area contributed by atoms with Gasteiger partial charge in [-0.05, 0) is 17.7 Å². The highest BCUT2D eigenvalue weighted by molar-refractivity contribution is 5.86. The fourth-order valence-corrected chi connectivity index (χ4v) is 2.23. The highest BCUT2D eigenvalue weighted by atomic mass is 16.4. The highest BCUT2D eigenvalue weighted by Crippen LogP contribution is 2.17. The first kappa shape index (κ1) is 13.4. The van der Waals surface area contributed by atoms with E-state index in [4.69, 9.17) is 5.11 Å². The van der Waals surface area contributed by atoms with Gasteiger partial charge in [-0.3, -0.25) is 14.5 Å². The van der Waals surface area contributed by atoms with E-state index in [2.05, 4.69) is 5.32 Å². The van der Waals surface area contributed by atoms with Crippen molar-refractivity contribution in [2.24, 2.45) is 0 Å². The molecule has 6 nitrogen and oxygen atoms in total. The molecule has 1 amide bonds. The third-order valence-electron chi connectivity index (χ3n) is 3.11. The van der Waals surface area contributed by atoms with Crippen LogP contribution in [0.4, 0.5) is 0 Å². The number of nitrogens with one attached hydrogen (secondary N) is 1. The fourth-order valence-electron chi connectivity index (χ4n) is 2.23. The number of carboxylic acids is 1. The molecule has 3 N–H and O–H groups in total. The molecule has 0 bridgehead atoms. The summed E-state index contributed by atoms with van der Waals surface area (Å²) in [7, 11) is 0. The van der Waals surface area contributed by atoms with Gasteiger partial charge in [0.05, 0.1) is 6.42 Å². The lowest BCUT2D eigenvalue weighted by atomic mass is 10.1. The van der Waals surface area contributed by atoms with Gasteiger partial charge in [0.25, 0.3) is 0 Å². The van der Waals surface area contributed by atoms with Gasteiger partial charge in [0, 0.05) is 19.6 Å². The minimum absolute atomic E-state index is 0.161. The molecule has 19 heavy (non-hydrogen) atoms. The molecule has 1 aliphatic heterocycles. The second-order valence-electron chi connectivity index (χ2n) is 4.55. The molecular weight excluding hydrogens is 248 g/mol. The van der Waals surface area contributed by atoms with E-state index in [1.54, 1.807) is 18.2 Å². The van der Waals surface area contributed by atoms with E-state index in [0.717, 1.165) is 5.56 Å². The molecule has 2 rings (SSSR count). The van der Waals surface area contributed by atoms with Crippen LogP contribution in [0.15, 0.2) is 24.3 Å². The van der Waals surface area contributed by atoms with Crippen LogP contribution in [0.5, 0.6) is 5.75 Å². The monoisotopic (exact) mass is 264 g/mol. The third-order valence-corrected chi connectivity index (χ3v) is 3.11. The van der Waals surface area contributed by atoms with Gasteiger partial charge in [0.1, 0.15) is 11.8 Å². The molecule has 1 fully saturated rings. The van der Waals surface area contributed by atoms with Gasteiger partial charge in [-0.1, -0.05) is 12.1 Å². The van der Waals surface area contributed by atoms with E-state index in [1.807, 2.05) is 11.0 Å². The molecule has 0 spiro atoms. The highest BCUT2D eigenvalue weighted by Gasteiger charge is 2.31. The van der Waals surface area contributed by atoms with E-state index in [0.29, 0.717) is 19.6 Å². The fraction of sp³-hybridized carbons (Fsp3) is 0.385. The number of hydrogen-bond acceptors (Lipinski definition) is 4. The predicted molar refractivity (Wildman–Crippen MR) is 67.6 cm³/mol. The number of carboxylic acid groups (broad SMARTS) is 1. The number of aliphatic carboxylic acids is 1. The van der Waals surface area contributed by atoms with Crippen molar-refractivity contribution in [1.29, 1.82) is 0 Å². The molecule has 1 unspecified atom stereocenters. The quantitative estimate of drug-likeness (QED) is 0.721. The normalized spacial score (nSPS) is 20.0. The molecule has 0 radical (unpaired) electrons. The van der Waals surface area contributed by atoms with Crippen molar-refractivity contribution in [3.05, 3.63) is 29.8 Å². The summed E-state index contributed by atoms with van der Waals surface area (Å²) in [6, 6.07) is 6.09. The molecule has 1 aromatic carbocycles. The maximum atomic E-state index is 11.7. The lowest BCUT2D eigenvalue weighted by molar-refractivity contribution is -0.143. The van der Waals surface area contributed by atoms with E-state index in [1.165, 1.54) is 0 Å². The summed E-state index contributed by atoms with van der Waals surface area (Å²) in [5, 5.41) is 21.0. The molecular formula is C13H16N2O4. The maximum absolute atomic E-state index is 11.7. The zero-order chi connectivity index (χ0) is 13.8. The van der Waals surface area contributed by atoms with Crippen LogP contribution in [-0.4, -0.2) is 46.1 Å². The van der Waals surface area contributed by atoms with Crippen molar-refractivity contribution in [2.75, 3.05) is 13.1 Å². The van der Waals surface area contributed by atoms with Crippen molar-refractivity contribution in [3.63, 3.8) is 0 Å². The average molecular weight is 264 g/mol. The number of amides is 1. The number of phenols is 1. The van der Waals surface area contributed by atoms with Crippen LogP contribution in [-0.2, 0) is 16.1 Å². The molecule has 1 atom stereocenters. The zero-order valence-electron chi connectivity index (χ0n) is 10.4. The number of benzene rings is 1. The third kappa shape index (κ3) is 3.45. The van der Waals surface area contributed by atoms with Crippen LogP contribution in [0.25, 0.3) is 0 Å². The topological polar surface area (TPSA) is 89.9 Å². The smallest absolute Gasteiger partial charge is 0.305 e. The first-order valence-corrected chi connectivity index (χ1v) is 6.08. The number of phenolic OH excluding ortho intramolecular Hbond substituents is 1. The Labute approximate surface area is 110 Å². The van der Waals surface area contributed by atoms with Gasteiger partial charge >= 0.3 is 5.97 Å². The summed E-state index contributed by atoms with van der Waals surface area (Å²) in [5.74, 6) is -1.09. The number of hydrogen-bond donors (Lipinski definition) is 3. The summed E-state index contributed by atoms with van der Waals surface area (Å²) in [4.78, 5) is 24.4. The van der Waals surface area contributed by atoms with Gasteiger partial charge in [-0.15, -0.1) is 0 Å². The van der Waals surface area contributed by atoms with Crippen LogP contribution in [0.3, 0.4) is 0 Å². The van der Waals surface area contributed by atoms with Gasteiger partial charge < -0.3 is 15.5 Å². The Hall–Kier alpha value is -2.08. The molecule has 1 heterocycles. The van der Waals surface area contributed by atoms with Crippen LogP contribution in [0.1, 0.15) is 12.0 Å². The van der Waals surface area contributed by atoms with Crippen LogP contribution >= 0.6 is 0 Å². The van der Waals surface area contributed by atoms with Gasteiger partial charge in [-0.2, -0.15) is 0 Å². The Bertz CT molecular complexity index is 489. The van der Waals surface area contributed by atoms with E-state index in [-0.39, 0.29) is 18.1 Å². The summed E-state index contributed by atoms with van der Waals surface area (Å²) < 4.78 is 0. The minimum atomic E-state index is -0.997. The summed E-state index contributed by atoms with van der Waals surface area (Å²) in [6.07, 6.45) is -0.218. The zero-order valence-corrected chi connectivity index (χ0v) is 10.4. The molecule has 1 saturated heterocycles. The lowest BCUT2D eigenvalue weighted by Crippen LogP contribution is -2.55. The summed E-state index contributed by atoms with van der Waals surface area (Å²) in [5.41, 5.74) is 0.852. The second-order valence-corrected chi connectivity index (χ2v) is 4.55. The van der Waals surface area contributed by atoms with Gasteiger partial charge in [0.2, 0.25) is 5.91 Å². The van der Waals surface area contributed by atoms with Crippen LogP contribution in [0.2, 0.25) is 0 Å². The predicted octanol–water partition coefficient (Wildman–Crippen LogP) is 0.167. The van der Waals surface area contributed by atoms with Crippen LogP contribution in [0, 0.1) is 0 Å². The van der Waals surface area contributed by atoms with Crippen molar-refractivity contribution in [2.45, 2.75) is 19.0 Å². The molecule has 6 heteroatoms. The Morgan fingerprint density at radius 2 is 2.26 bits per heavy atom. The summed E-state index contributed by atoms with van der Waals surface area (Å²) in [6.45, 7) is 1.55. The van der Waals surface area contributed by atoms with E-state index in [9.17, 15) is 14.7 Å². The Kier molecular flexibility index (Phi) is 4.01. The minimum Gasteiger partial charge on any atom is -0.508 e. The lowest BCUT2D eigenvalue weighted by Gasteiger charge is -2.34. The Morgan fingerprint density at radius 1 is 1.47 bits per heavy atom. The number of aromatic hydroxyl groups is 1. The van der Waals surface area contributed by atoms with Crippen molar-refractivity contribution >= 4 is 11.9 Å². The number of nitrogens with zero attached hydrogens (tertiary/aromatic N) is 1. The Balaban J connectivity index is 2.11. The van der Waals surface area contributed by atoms with Crippen molar-refractivity contribution < 1.29 is 19.8 Å². The first-order chi connectivity index (χ1) is 9.06. The number of carbonyl (C=O) groups is 2. The molecule has 0 saturated carbocycles. The second kappa shape index (κ2) is 5.71. The van der Waals surface area contributed by atoms with E-state index >= 15 is 0 Å².